The standard InChI is InChI=1S/C22H28N4O5/c1-3-30-21(29)26-10-7-22(8-11-26)18(16(2)20(28)31-22)19(27)25-14-12-24(13-15-25)17-6-4-5-9-23-17/h4-6,9H,3,7-8,10-15H2,1-2H3. The van der Waals surface area contributed by atoms with E-state index in [2.05, 4.69) is 9.88 Å². The Morgan fingerprint density at radius 3 is 2.42 bits per heavy atom. The maximum absolute atomic E-state index is 13.5. The van der Waals surface area contributed by atoms with Crippen LogP contribution in [0.5, 0.6) is 0 Å². The second-order valence-corrected chi connectivity index (χ2v) is 8.04. The molecule has 1 spiro atoms. The number of carbonyl (C=O) groups is 3. The molecule has 9 nitrogen and oxygen atoms in total. The minimum absolute atomic E-state index is 0.145. The Labute approximate surface area is 181 Å². The summed E-state index contributed by atoms with van der Waals surface area (Å²) in [4.78, 5) is 47.9. The summed E-state index contributed by atoms with van der Waals surface area (Å²) in [5.74, 6) is 0.306. The lowest BCUT2D eigenvalue weighted by Crippen LogP contribution is -2.54. The van der Waals surface area contributed by atoms with E-state index in [0.717, 1.165) is 5.82 Å². The van der Waals surface area contributed by atoms with Gasteiger partial charge in [-0.3, -0.25) is 4.79 Å². The second-order valence-electron chi connectivity index (χ2n) is 8.04. The zero-order valence-corrected chi connectivity index (χ0v) is 18.0. The Bertz CT molecular complexity index is 884. The van der Waals surface area contributed by atoms with E-state index in [0.29, 0.717) is 69.9 Å². The first-order chi connectivity index (χ1) is 14.9. The van der Waals surface area contributed by atoms with Crippen LogP contribution < -0.4 is 4.90 Å². The summed E-state index contributed by atoms with van der Waals surface area (Å²) < 4.78 is 10.8. The number of anilines is 1. The number of amides is 2. The van der Waals surface area contributed by atoms with Crippen molar-refractivity contribution in [2.45, 2.75) is 32.3 Å². The summed E-state index contributed by atoms with van der Waals surface area (Å²) in [7, 11) is 0. The van der Waals surface area contributed by atoms with Gasteiger partial charge in [-0.05, 0) is 26.0 Å². The quantitative estimate of drug-likeness (QED) is 0.675. The molecule has 1 aromatic rings. The van der Waals surface area contributed by atoms with E-state index in [1.165, 1.54) is 0 Å². The highest BCUT2D eigenvalue weighted by Crippen LogP contribution is 2.42. The van der Waals surface area contributed by atoms with Crippen LogP contribution in [0.15, 0.2) is 35.5 Å². The highest BCUT2D eigenvalue weighted by atomic mass is 16.6. The van der Waals surface area contributed by atoms with Crippen LogP contribution in [0.1, 0.15) is 26.7 Å². The molecule has 2 amide bonds. The molecular weight excluding hydrogens is 400 g/mol. The fraction of sp³-hybridized carbons (Fsp3) is 0.545. The van der Waals surface area contributed by atoms with Crippen molar-refractivity contribution in [2.75, 3.05) is 50.8 Å². The van der Waals surface area contributed by atoms with E-state index in [-0.39, 0.29) is 12.0 Å². The molecule has 0 unspecified atom stereocenters. The summed E-state index contributed by atoms with van der Waals surface area (Å²) in [5.41, 5.74) is -0.131. The molecule has 4 heterocycles. The molecule has 4 rings (SSSR count). The van der Waals surface area contributed by atoms with Gasteiger partial charge in [0, 0.05) is 63.9 Å². The number of aromatic nitrogens is 1. The van der Waals surface area contributed by atoms with Crippen molar-refractivity contribution < 1.29 is 23.9 Å². The average molecular weight is 428 g/mol. The third-order valence-electron chi connectivity index (χ3n) is 6.28. The first kappa shape index (κ1) is 21.1. The van der Waals surface area contributed by atoms with Gasteiger partial charge in [0.05, 0.1) is 12.2 Å². The van der Waals surface area contributed by atoms with Gasteiger partial charge in [0.25, 0.3) is 5.91 Å². The number of pyridine rings is 1. The SMILES string of the molecule is CCOC(=O)N1CCC2(CC1)OC(=O)C(C)=C2C(=O)N1CCN(c2ccccn2)CC1. The summed E-state index contributed by atoms with van der Waals surface area (Å²) in [5, 5.41) is 0. The summed E-state index contributed by atoms with van der Waals surface area (Å²) in [6, 6.07) is 5.78. The Kier molecular flexibility index (Phi) is 5.84. The van der Waals surface area contributed by atoms with Crippen LogP contribution in [0.4, 0.5) is 10.6 Å². The third-order valence-corrected chi connectivity index (χ3v) is 6.28. The molecule has 1 aromatic heterocycles. The van der Waals surface area contributed by atoms with Crippen LogP contribution in [0.25, 0.3) is 0 Å². The number of hydrogen-bond acceptors (Lipinski definition) is 7. The Hall–Kier alpha value is -3.10. The predicted molar refractivity (Wildman–Crippen MR) is 112 cm³/mol. The van der Waals surface area contributed by atoms with E-state index < -0.39 is 11.6 Å². The van der Waals surface area contributed by atoms with Crippen molar-refractivity contribution in [1.82, 2.24) is 14.8 Å². The molecule has 0 saturated carbocycles. The molecule has 0 aromatic carbocycles. The van der Waals surface area contributed by atoms with Crippen molar-refractivity contribution in [1.29, 1.82) is 0 Å². The minimum Gasteiger partial charge on any atom is -0.450 e. The number of nitrogens with zero attached hydrogens (tertiary/aromatic N) is 4. The van der Waals surface area contributed by atoms with Crippen molar-refractivity contribution in [3.8, 4) is 0 Å². The minimum atomic E-state index is -0.959. The molecule has 0 radical (unpaired) electrons. The third kappa shape index (κ3) is 3.96. The summed E-state index contributed by atoms with van der Waals surface area (Å²) in [6.07, 6.45) is 2.17. The fourth-order valence-corrected chi connectivity index (χ4v) is 4.56. The maximum atomic E-state index is 13.5. The van der Waals surface area contributed by atoms with E-state index in [4.69, 9.17) is 9.47 Å². The number of esters is 1. The Balaban J connectivity index is 1.45. The molecule has 9 heteroatoms. The molecule has 3 aliphatic heterocycles. The number of likely N-dealkylation sites (tertiary alicyclic amines) is 1. The van der Waals surface area contributed by atoms with Gasteiger partial charge in [-0.25, -0.2) is 14.6 Å². The molecule has 0 atom stereocenters. The Morgan fingerprint density at radius 2 is 1.81 bits per heavy atom. The van der Waals surface area contributed by atoms with Gasteiger partial charge in [-0.2, -0.15) is 0 Å². The molecule has 2 fully saturated rings. The predicted octanol–water partition coefficient (Wildman–Crippen LogP) is 1.59. The maximum Gasteiger partial charge on any atom is 0.409 e. The van der Waals surface area contributed by atoms with Gasteiger partial charge >= 0.3 is 12.1 Å². The lowest BCUT2D eigenvalue weighted by molar-refractivity contribution is -0.151. The second kappa shape index (κ2) is 8.56. The van der Waals surface area contributed by atoms with Crippen LogP contribution in [0.2, 0.25) is 0 Å². The van der Waals surface area contributed by atoms with Gasteiger partial charge in [-0.1, -0.05) is 6.07 Å². The number of hydrogen-bond donors (Lipinski definition) is 0. The van der Waals surface area contributed by atoms with Gasteiger partial charge < -0.3 is 24.2 Å². The van der Waals surface area contributed by atoms with Crippen LogP contribution in [-0.4, -0.2) is 84.2 Å². The van der Waals surface area contributed by atoms with Crippen LogP contribution in [0.3, 0.4) is 0 Å². The van der Waals surface area contributed by atoms with Crippen LogP contribution in [-0.2, 0) is 19.1 Å². The number of ether oxygens (including phenoxy) is 2. The molecule has 2 saturated heterocycles. The molecule has 166 valence electrons. The van der Waals surface area contributed by atoms with E-state index in [9.17, 15) is 14.4 Å². The highest BCUT2D eigenvalue weighted by molar-refractivity contribution is 6.07. The first-order valence-electron chi connectivity index (χ1n) is 10.8. The average Bonchev–Trinajstić information content (AvgIpc) is 3.03. The summed E-state index contributed by atoms with van der Waals surface area (Å²) in [6.45, 7) is 6.93. The van der Waals surface area contributed by atoms with Crippen molar-refractivity contribution in [3.63, 3.8) is 0 Å². The molecular formula is C22H28N4O5. The van der Waals surface area contributed by atoms with Crippen LogP contribution >= 0.6 is 0 Å². The monoisotopic (exact) mass is 428 g/mol. The van der Waals surface area contributed by atoms with E-state index in [1.54, 1.807) is 29.8 Å². The smallest absolute Gasteiger partial charge is 0.409 e. The molecule has 0 aliphatic carbocycles. The van der Waals surface area contributed by atoms with Crippen molar-refractivity contribution in [2.24, 2.45) is 0 Å². The number of rotatable bonds is 3. The first-order valence-corrected chi connectivity index (χ1v) is 10.8. The van der Waals surface area contributed by atoms with Gasteiger partial charge in [0.2, 0.25) is 0 Å². The van der Waals surface area contributed by atoms with Gasteiger partial charge in [-0.15, -0.1) is 0 Å². The van der Waals surface area contributed by atoms with Crippen molar-refractivity contribution >= 4 is 23.8 Å². The number of piperidine rings is 1. The molecule has 31 heavy (non-hydrogen) atoms. The highest BCUT2D eigenvalue weighted by Gasteiger charge is 2.52. The zero-order chi connectivity index (χ0) is 22.0. The molecule has 0 bridgehead atoms. The largest absolute Gasteiger partial charge is 0.450 e. The topological polar surface area (TPSA) is 92.3 Å². The zero-order valence-electron chi connectivity index (χ0n) is 18.0. The normalized spacial score (nSPS) is 20.8. The molecule has 3 aliphatic rings. The lowest BCUT2D eigenvalue weighted by Gasteiger charge is -2.41. The van der Waals surface area contributed by atoms with Gasteiger partial charge in [0.15, 0.2) is 0 Å². The number of piperazine rings is 1. The summed E-state index contributed by atoms with van der Waals surface area (Å²) >= 11 is 0. The fourth-order valence-electron chi connectivity index (χ4n) is 4.56. The lowest BCUT2D eigenvalue weighted by atomic mass is 9.82. The number of carbonyl (C=O) groups excluding carboxylic acids is 3. The Morgan fingerprint density at radius 1 is 1.10 bits per heavy atom. The van der Waals surface area contributed by atoms with Crippen molar-refractivity contribution in [3.05, 3.63) is 35.5 Å². The van der Waals surface area contributed by atoms with E-state index in [1.807, 2.05) is 18.2 Å². The molecule has 0 N–H and O–H groups in total. The van der Waals surface area contributed by atoms with Gasteiger partial charge in [0.1, 0.15) is 11.4 Å². The van der Waals surface area contributed by atoms with E-state index >= 15 is 0 Å². The van der Waals surface area contributed by atoms with Crippen LogP contribution in [0, 0.1) is 0 Å².